The number of hydrogen-bond acceptors (Lipinski definition) is 9. The fourth-order valence-electron chi connectivity index (χ4n) is 23.0. The van der Waals surface area contributed by atoms with Gasteiger partial charge in [0, 0.05) is 126 Å². The molecule has 23 aromatic carbocycles. The van der Waals surface area contributed by atoms with Gasteiger partial charge in [-0.05, 0) is 185 Å². The topological polar surface area (TPSA) is 92.1 Å². The maximum absolute atomic E-state index is 5.37. The first-order valence-corrected chi connectivity index (χ1v) is 52.5. The van der Waals surface area contributed by atoms with Crippen molar-refractivity contribution >= 4 is 236 Å². The number of rotatable bonds is 10. The average Bonchev–Trinajstić information content (AvgIpc) is 1.57. The van der Waals surface area contributed by atoms with E-state index in [0.29, 0.717) is 17.8 Å². The average molecular weight is 1940 g/mol. The van der Waals surface area contributed by atoms with Crippen molar-refractivity contribution in [2.45, 2.75) is 0 Å². The van der Waals surface area contributed by atoms with E-state index in [2.05, 4.69) is 493 Å². The molecule has 148 heavy (non-hydrogen) atoms. The molecule has 0 N–H and O–H groups in total. The van der Waals surface area contributed by atoms with Gasteiger partial charge in [-0.25, -0.2) is 29.9 Å². The normalized spacial score (nSPS) is 11.9. The minimum absolute atomic E-state index is 0.664. The molecule has 0 saturated heterocycles. The Morgan fingerprint density at radius 3 is 0.811 bits per heavy atom. The summed E-state index contributed by atoms with van der Waals surface area (Å²) in [6.07, 6.45) is 0. The Morgan fingerprint density at radius 1 is 0.149 bits per heavy atom. The summed E-state index contributed by atoms with van der Waals surface area (Å²) in [7, 11) is 0. The maximum atomic E-state index is 5.37. The molecule has 0 radical (unpaired) electrons. The van der Waals surface area contributed by atoms with Crippen LogP contribution in [0.25, 0.3) is 298 Å². The van der Waals surface area contributed by atoms with Crippen LogP contribution in [0.1, 0.15) is 0 Å². The van der Waals surface area contributed by atoms with Crippen LogP contribution in [-0.4, -0.2) is 43.6 Å². The predicted molar refractivity (Wildman–Crippen MR) is 628 cm³/mol. The molecule has 32 rings (SSSR count). The van der Waals surface area contributed by atoms with E-state index in [0.717, 1.165) is 99.6 Å². The molecule has 0 aliphatic heterocycles. The van der Waals surface area contributed by atoms with Crippen molar-refractivity contribution < 1.29 is 0 Å². The molecule has 0 saturated carbocycles. The van der Waals surface area contributed by atoms with Gasteiger partial charge in [0.15, 0.2) is 0 Å². The number of aromatic nitrogens is 9. The lowest BCUT2D eigenvalue weighted by Gasteiger charge is -2.12. The van der Waals surface area contributed by atoms with Gasteiger partial charge in [0.25, 0.3) is 0 Å². The van der Waals surface area contributed by atoms with Crippen molar-refractivity contribution in [1.82, 2.24) is 43.6 Å². The summed E-state index contributed by atoms with van der Waals surface area (Å²) in [6.45, 7) is 0. The van der Waals surface area contributed by atoms with Crippen LogP contribution in [0.3, 0.4) is 0 Å². The number of para-hydroxylation sites is 6. The first-order valence-electron chi connectivity index (χ1n) is 50.0. The zero-order valence-electron chi connectivity index (χ0n) is 79.5. The van der Waals surface area contributed by atoms with Crippen LogP contribution in [0.4, 0.5) is 0 Å². The van der Waals surface area contributed by atoms with Gasteiger partial charge in [0.1, 0.15) is 0 Å². The van der Waals surface area contributed by atoms with Crippen LogP contribution < -0.4 is 0 Å². The molecule has 0 amide bonds. The highest BCUT2D eigenvalue weighted by Gasteiger charge is 2.27. The Balaban J connectivity index is 0.000000103. The molecule has 12 heteroatoms. The van der Waals surface area contributed by atoms with E-state index in [9.17, 15) is 0 Å². The molecule has 0 aliphatic carbocycles. The Hall–Kier alpha value is -18.8. The summed E-state index contributed by atoms with van der Waals surface area (Å²) >= 11 is 5.63. The van der Waals surface area contributed by atoms with Crippen LogP contribution in [0.5, 0.6) is 0 Å². The number of fused-ring (bicyclic) bond motifs is 28. The Labute approximate surface area is 860 Å². The van der Waals surface area contributed by atoms with Crippen molar-refractivity contribution in [1.29, 1.82) is 0 Å². The molecule has 32 aromatic rings. The van der Waals surface area contributed by atoms with E-state index in [4.69, 9.17) is 29.9 Å². The second-order valence-corrected chi connectivity index (χ2v) is 41.3. The van der Waals surface area contributed by atoms with Crippen LogP contribution >= 0.6 is 34.0 Å². The Bertz CT molecular complexity index is 11100. The molecule has 0 aliphatic rings. The van der Waals surface area contributed by atoms with Gasteiger partial charge in [-0.15, -0.1) is 34.0 Å². The van der Waals surface area contributed by atoms with E-state index in [-0.39, 0.29) is 0 Å². The van der Waals surface area contributed by atoms with E-state index < -0.39 is 0 Å². The van der Waals surface area contributed by atoms with Crippen molar-refractivity contribution in [2.75, 3.05) is 0 Å². The lowest BCUT2D eigenvalue weighted by atomic mass is 9.97. The van der Waals surface area contributed by atoms with Gasteiger partial charge >= 0.3 is 0 Å². The zero-order valence-corrected chi connectivity index (χ0v) is 82.0. The molecule has 0 atom stereocenters. The largest absolute Gasteiger partial charge is 0.278 e. The smallest absolute Gasteiger partial charge is 0.235 e. The van der Waals surface area contributed by atoms with Gasteiger partial charge in [0.2, 0.25) is 17.8 Å². The minimum Gasteiger partial charge on any atom is -0.278 e. The number of benzene rings is 23. The third-order valence-electron chi connectivity index (χ3n) is 29.8. The standard InChI is InChI=1S/C48H29N3S.C46H27N3S.C42H25N3S/c1-2-11-30(12-3-1)31-21-24-33(25-22-31)46-38-14-4-7-18-41(38)49-48(50-46)51-42-19-8-5-15-39(42)45-40-29-34(26-23-32(40)27-28-43(45)51)35-16-10-17-37-36-13-6-9-20-44(36)52-47(35)37;1-2-11-30-26-32(23-20-28(30)10-1)44-36-13-3-6-17-39(36)47-46(48-44)49-40-18-7-4-14-37(40)43-38-27-31(22-21-29(38)24-25-41(43)49)33-15-9-16-35-34-12-5-8-19-42(34)50-45(33)35;1-2-11-27(12-3-1)40-32-14-4-7-18-35(32)43-42(44-40)45-36-19-8-5-15-33(36)39-34-25-28(22-21-26(34)23-24-37(39)45)29-16-10-17-31-30-13-6-9-20-38(30)46-41(29)31/h1-29H;1-27H;1-25H. The lowest BCUT2D eigenvalue weighted by Crippen LogP contribution is -2.03. The van der Waals surface area contributed by atoms with Crippen molar-refractivity contribution in [3.05, 3.63) is 491 Å². The van der Waals surface area contributed by atoms with Crippen LogP contribution in [-0.2, 0) is 0 Å². The van der Waals surface area contributed by atoms with Crippen molar-refractivity contribution in [3.63, 3.8) is 0 Å². The molecule has 9 nitrogen and oxygen atoms in total. The molecule has 0 spiro atoms. The molecule has 0 unspecified atom stereocenters. The number of nitrogens with zero attached hydrogens (tertiary/aromatic N) is 9. The first kappa shape index (κ1) is 84.8. The highest BCUT2D eigenvalue weighted by atomic mass is 32.1. The lowest BCUT2D eigenvalue weighted by molar-refractivity contribution is 1.01. The van der Waals surface area contributed by atoms with E-state index in [1.54, 1.807) is 0 Å². The van der Waals surface area contributed by atoms with E-state index in [1.165, 1.54) is 180 Å². The van der Waals surface area contributed by atoms with Gasteiger partial charge in [-0.1, -0.05) is 394 Å². The fraction of sp³-hybridized carbons (Fsp3) is 0. The summed E-state index contributed by atoms with van der Waals surface area (Å²) in [6, 6.07) is 176. The Morgan fingerprint density at radius 2 is 0.419 bits per heavy atom. The third kappa shape index (κ3) is 13.9. The molecular formula is C136H81N9S3. The summed E-state index contributed by atoms with van der Waals surface area (Å²) in [5.74, 6) is 2.01. The molecule has 9 heterocycles. The summed E-state index contributed by atoms with van der Waals surface area (Å²) in [5, 5.41) is 28.0. The number of hydrogen-bond donors (Lipinski definition) is 0. The fourth-order valence-corrected chi connectivity index (χ4v) is 26.7. The molecule has 688 valence electrons. The Kier molecular flexibility index (Phi) is 19.8. The minimum atomic E-state index is 0.664. The van der Waals surface area contributed by atoms with Gasteiger partial charge in [-0.3, -0.25) is 13.7 Å². The third-order valence-corrected chi connectivity index (χ3v) is 33.5. The molecule has 9 aromatic heterocycles. The van der Waals surface area contributed by atoms with E-state index >= 15 is 0 Å². The number of thiophene rings is 3. The van der Waals surface area contributed by atoms with Crippen molar-refractivity contribution in [2.24, 2.45) is 0 Å². The maximum Gasteiger partial charge on any atom is 0.235 e. The molecule has 0 fully saturated rings. The summed E-state index contributed by atoms with van der Waals surface area (Å²) < 4.78 is 14.7. The molecular weight excluding hydrogens is 1860 g/mol. The second-order valence-electron chi connectivity index (χ2n) is 38.1. The van der Waals surface area contributed by atoms with Crippen molar-refractivity contribution in [3.8, 4) is 96.1 Å². The molecule has 0 bridgehead atoms. The second kappa shape index (κ2) is 34.5. The predicted octanol–water partition coefficient (Wildman–Crippen LogP) is 37.6. The zero-order chi connectivity index (χ0) is 97.1. The summed E-state index contributed by atoms with van der Waals surface area (Å²) in [5.41, 5.74) is 25.2. The van der Waals surface area contributed by atoms with Crippen LogP contribution in [0.15, 0.2) is 491 Å². The van der Waals surface area contributed by atoms with Gasteiger partial charge in [-0.2, -0.15) is 0 Å². The van der Waals surface area contributed by atoms with Gasteiger partial charge in [0.05, 0.1) is 66.7 Å². The van der Waals surface area contributed by atoms with E-state index in [1.807, 2.05) is 46.1 Å². The summed E-state index contributed by atoms with van der Waals surface area (Å²) in [4.78, 5) is 31.6. The van der Waals surface area contributed by atoms with Crippen LogP contribution in [0.2, 0.25) is 0 Å². The SMILES string of the molecule is c1ccc(-c2ccc(-c3nc(-n4c5ccccc5c5c6cc(-c7cccc8c7sc7ccccc78)ccc6ccc54)nc4ccccc34)cc2)cc1.c1ccc(-c2nc(-n3c4ccccc4c4c5cc(-c6cccc7c6sc6ccccc67)ccc5ccc43)nc3ccccc23)cc1.c1ccc2cc(-c3nc(-n4c5ccccc5c5c6cc(-c7cccc8c7sc7ccccc78)ccc6ccc54)nc4ccccc34)ccc2c1. The quantitative estimate of drug-likeness (QED) is 0.135. The first-order chi connectivity index (χ1) is 73.4. The van der Waals surface area contributed by atoms with Crippen LogP contribution in [0, 0.1) is 0 Å². The highest BCUT2D eigenvalue weighted by Crippen LogP contribution is 2.50. The highest BCUT2D eigenvalue weighted by molar-refractivity contribution is 7.27. The monoisotopic (exact) mass is 1940 g/mol. The van der Waals surface area contributed by atoms with Gasteiger partial charge < -0.3 is 0 Å².